The van der Waals surface area contributed by atoms with E-state index in [0.717, 1.165) is 12.1 Å². The molecule has 0 atom stereocenters. The van der Waals surface area contributed by atoms with Crippen LogP contribution in [0.25, 0.3) is 22.3 Å². The molecule has 7 heteroatoms. The highest BCUT2D eigenvalue weighted by molar-refractivity contribution is 6.31. The van der Waals surface area contributed by atoms with E-state index in [4.69, 9.17) is 17.3 Å². The van der Waals surface area contributed by atoms with Gasteiger partial charge in [0.2, 0.25) is 5.91 Å². The zero-order valence-electron chi connectivity index (χ0n) is 14.6. The molecule has 0 aromatic heterocycles. The van der Waals surface area contributed by atoms with Gasteiger partial charge in [-0.2, -0.15) is 13.2 Å². The van der Waals surface area contributed by atoms with Crippen LogP contribution in [0.15, 0.2) is 54.6 Å². The van der Waals surface area contributed by atoms with Crippen molar-refractivity contribution in [3.8, 4) is 28.0 Å². The first-order valence-corrected chi connectivity index (χ1v) is 8.57. The first-order chi connectivity index (χ1) is 13.1. The lowest BCUT2D eigenvalue weighted by Crippen LogP contribution is -2.16. The van der Waals surface area contributed by atoms with Gasteiger partial charge in [-0.05, 0) is 59.5 Å². The molecule has 0 saturated carbocycles. The second kappa shape index (κ2) is 7.20. The molecule has 0 spiro atoms. The maximum Gasteiger partial charge on any atom is 0.416 e. The van der Waals surface area contributed by atoms with Crippen LogP contribution >= 0.6 is 11.6 Å². The Morgan fingerprint density at radius 1 is 1.04 bits per heavy atom. The number of hydrogen-bond acceptors (Lipinski definition) is 2. The monoisotopic (exact) mass is 405 g/mol. The van der Waals surface area contributed by atoms with Gasteiger partial charge < -0.3 is 10.8 Å². The van der Waals surface area contributed by atoms with Crippen molar-refractivity contribution in [1.29, 1.82) is 0 Å². The normalized spacial score (nSPS) is 11.5. The van der Waals surface area contributed by atoms with Gasteiger partial charge in [-0.25, -0.2) is 0 Å². The summed E-state index contributed by atoms with van der Waals surface area (Å²) >= 11 is 6.19. The van der Waals surface area contributed by atoms with E-state index >= 15 is 0 Å². The number of phenols is 1. The van der Waals surface area contributed by atoms with E-state index in [2.05, 4.69) is 0 Å². The molecule has 3 rings (SSSR count). The summed E-state index contributed by atoms with van der Waals surface area (Å²) in [5, 5.41) is 9.93. The molecule has 0 aliphatic heterocycles. The summed E-state index contributed by atoms with van der Waals surface area (Å²) in [4.78, 5) is 12.1. The molecule has 0 heterocycles. The molecule has 1 amide bonds. The summed E-state index contributed by atoms with van der Waals surface area (Å²) in [6.45, 7) is 1.71. The average molecular weight is 406 g/mol. The smallest absolute Gasteiger partial charge is 0.416 e. The Morgan fingerprint density at radius 3 is 2.25 bits per heavy atom. The Labute approximate surface area is 164 Å². The van der Waals surface area contributed by atoms with E-state index in [1.807, 2.05) is 0 Å². The lowest BCUT2D eigenvalue weighted by molar-refractivity contribution is -0.137. The molecule has 0 aliphatic rings. The maximum atomic E-state index is 13.5. The van der Waals surface area contributed by atoms with Crippen molar-refractivity contribution in [1.82, 2.24) is 0 Å². The molecule has 28 heavy (non-hydrogen) atoms. The Hall–Kier alpha value is -2.99. The summed E-state index contributed by atoms with van der Waals surface area (Å²) in [6, 6.07) is 12.3. The topological polar surface area (TPSA) is 63.3 Å². The molecule has 3 nitrogen and oxygen atoms in total. The quantitative estimate of drug-likeness (QED) is 0.578. The van der Waals surface area contributed by atoms with Gasteiger partial charge in [-0.1, -0.05) is 35.9 Å². The molecular formula is C21H15ClF3NO2. The fraction of sp³-hybridized carbons (Fsp3) is 0.0952. The van der Waals surface area contributed by atoms with E-state index in [-0.39, 0.29) is 22.4 Å². The third-order valence-electron chi connectivity index (χ3n) is 4.45. The number of aromatic hydroxyl groups is 1. The van der Waals surface area contributed by atoms with Crippen LogP contribution in [-0.4, -0.2) is 11.0 Å². The lowest BCUT2D eigenvalue weighted by atomic mass is 9.86. The zero-order valence-corrected chi connectivity index (χ0v) is 15.4. The third-order valence-corrected chi connectivity index (χ3v) is 4.86. The first kappa shape index (κ1) is 19.8. The van der Waals surface area contributed by atoms with Crippen molar-refractivity contribution >= 4 is 17.5 Å². The van der Waals surface area contributed by atoms with Gasteiger partial charge in [0, 0.05) is 16.1 Å². The van der Waals surface area contributed by atoms with Gasteiger partial charge in [0.25, 0.3) is 0 Å². The first-order valence-electron chi connectivity index (χ1n) is 8.19. The van der Waals surface area contributed by atoms with Crippen molar-refractivity contribution in [3.05, 3.63) is 76.3 Å². The number of rotatable bonds is 3. The van der Waals surface area contributed by atoms with E-state index < -0.39 is 17.6 Å². The molecule has 0 bridgehead atoms. The van der Waals surface area contributed by atoms with Crippen molar-refractivity contribution in [2.24, 2.45) is 5.73 Å². The maximum absolute atomic E-state index is 13.5. The molecule has 0 aliphatic carbocycles. The van der Waals surface area contributed by atoms with E-state index in [1.54, 1.807) is 25.1 Å². The predicted molar refractivity (Wildman–Crippen MR) is 102 cm³/mol. The average Bonchev–Trinajstić information content (AvgIpc) is 2.63. The van der Waals surface area contributed by atoms with Gasteiger partial charge in [-0.15, -0.1) is 0 Å². The number of primary amides is 1. The minimum absolute atomic E-state index is 0.0358. The summed E-state index contributed by atoms with van der Waals surface area (Å²) < 4.78 is 40.4. The van der Waals surface area contributed by atoms with Crippen LogP contribution in [0.3, 0.4) is 0 Å². The molecule has 3 aromatic rings. The number of carbonyl (C=O) groups is 1. The Balaban J connectivity index is 2.46. The summed E-state index contributed by atoms with van der Waals surface area (Å²) in [5.74, 6) is -1.02. The highest BCUT2D eigenvalue weighted by Gasteiger charge is 2.33. The van der Waals surface area contributed by atoms with Gasteiger partial charge in [0.1, 0.15) is 5.75 Å². The second-order valence-corrected chi connectivity index (χ2v) is 6.67. The highest BCUT2D eigenvalue weighted by Crippen LogP contribution is 2.42. The number of benzene rings is 3. The van der Waals surface area contributed by atoms with E-state index in [1.165, 1.54) is 24.3 Å². The molecule has 0 radical (unpaired) electrons. The number of carbonyl (C=O) groups excluding carboxylic acids is 1. The Morgan fingerprint density at radius 2 is 1.68 bits per heavy atom. The van der Waals surface area contributed by atoms with Crippen molar-refractivity contribution in [2.75, 3.05) is 0 Å². The van der Waals surface area contributed by atoms with Gasteiger partial charge in [0.15, 0.2) is 0 Å². The SMILES string of the molecule is Cc1c(Cl)cccc1-c1c(C(N)=O)cc(C(F)(F)F)cc1-c1ccc(O)cc1. The number of hydrogen-bond donors (Lipinski definition) is 2. The Bertz CT molecular complexity index is 1060. The fourth-order valence-electron chi connectivity index (χ4n) is 3.04. The molecule has 3 aromatic carbocycles. The van der Waals surface area contributed by atoms with Crippen molar-refractivity contribution in [2.45, 2.75) is 13.1 Å². The summed E-state index contributed by atoms with van der Waals surface area (Å²) in [7, 11) is 0. The van der Waals surface area contributed by atoms with Crippen LogP contribution in [0.5, 0.6) is 5.75 Å². The number of halogens is 4. The summed E-state index contributed by atoms with van der Waals surface area (Å²) in [5.41, 5.74) is 6.10. The van der Waals surface area contributed by atoms with E-state index in [9.17, 15) is 23.1 Å². The third kappa shape index (κ3) is 3.68. The van der Waals surface area contributed by atoms with Crippen molar-refractivity contribution < 1.29 is 23.1 Å². The molecule has 144 valence electrons. The predicted octanol–water partition coefficient (Wildman–Crippen LogP) is 5.81. The minimum atomic E-state index is -4.67. The number of phenolic OH excluding ortho intramolecular Hbond substituents is 1. The largest absolute Gasteiger partial charge is 0.508 e. The van der Waals surface area contributed by atoms with Crippen LogP contribution in [0.1, 0.15) is 21.5 Å². The van der Waals surface area contributed by atoms with Crippen LogP contribution in [0.2, 0.25) is 5.02 Å². The standard InChI is InChI=1S/C21H15ClF3NO2/c1-11-15(3-2-4-18(11)22)19-16(12-5-7-14(27)8-6-12)9-13(21(23,24)25)10-17(19)20(26)28/h2-10,27H,1H3,(H2,26,28). The van der Waals surface area contributed by atoms with Crippen LogP contribution in [-0.2, 0) is 6.18 Å². The second-order valence-electron chi connectivity index (χ2n) is 6.27. The molecule has 0 fully saturated rings. The lowest BCUT2D eigenvalue weighted by Gasteiger charge is -2.19. The minimum Gasteiger partial charge on any atom is -0.508 e. The van der Waals surface area contributed by atoms with Gasteiger partial charge in [0.05, 0.1) is 5.56 Å². The fourth-order valence-corrected chi connectivity index (χ4v) is 3.21. The molecule has 3 N–H and O–H groups in total. The highest BCUT2D eigenvalue weighted by atomic mass is 35.5. The van der Waals surface area contributed by atoms with E-state index in [0.29, 0.717) is 21.7 Å². The Kier molecular flexibility index (Phi) is 5.08. The molecular weight excluding hydrogens is 391 g/mol. The zero-order chi connectivity index (χ0) is 20.6. The van der Waals surface area contributed by atoms with Gasteiger partial charge in [-0.3, -0.25) is 4.79 Å². The van der Waals surface area contributed by atoms with Gasteiger partial charge >= 0.3 is 6.18 Å². The number of amides is 1. The van der Waals surface area contributed by atoms with Crippen molar-refractivity contribution in [3.63, 3.8) is 0 Å². The molecule has 0 unspecified atom stereocenters. The molecule has 0 saturated heterocycles. The number of alkyl halides is 3. The van der Waals surface area contributed by atoms with Crippen LogP contribution in [0, 0.1) is 6.92 Å². The number of nitrogens with two attached hydrogens (primary N) is 1. The summed E-state index contributed by atoms with van der Waals surface area (Å²) in [6.07, 6.45) is -4.67. The van der Waals surface area contributed by atoms with Crippen LogP contribution in [0.4, 0.5) is 13.2 Å². The van der Waals surface area contributed by atoms with Crippen LogP contribution < -0.4 is 5.73 Å².